The number of anilines is 5. The first-order valence-corrected chi connectivity index (χ1v) is 41.7. The van der Waals surface area contributed by atoms with Gasteiger partial charge in [0, 0.05) is 0 Å². The van der Waals surface area contributed by atoms with Gasteiger partial charge in [0.15, 0.2) is 0 Å². The van der Waals surface area contributed by atoms with E-state index >= 15 is 0 Å². The molecule has 35 heteroatoms. The fourth-order valence-corrected chi connectivity index (χ4v) is 20.7. The summed E-state index contributed by atoms with van der Waals surface area (Å²) in [6.45, 7) is 46.5. The molecule has 0 aliphatic carbocycles. The molecular weight excluding hydrogens is 2200 g/mol. The summed E-state index contributed by atoms with van der Waals surface area (Å²) in [5.74, 6) is 0. The maximum Gasteiger partial charge on any atom is 1.00 e. The second kappa shape index (κ2) is 51.9. The molecule has 5 aromatic rings. The van der Waals surface area contributed by atoms with Crippen LogP contribution in [0.4, 0.5) is 28.4 Å². The van der Waals surface area contributed by atoms with Crippen LogP contribution >= 0.6 is 0 Å². The van der Waals surface area contributed by atoms with Crippen molar-refractivity contribution in [3.05, 3.63) is 152 Å². The van der Waals surface area contributed by atoms with Crippen LogP contribution in [-0.2, 0) is 99.0 Å². The van der Waals surface area contributed by atoms with Gasteiger partial charge in [-0.15, -0.1) is 30.3 Å². The van der Waals surface area contributed by atoms with Gasteiger partial charge in [0.1, 0.15) is 0 Å². The van der Waals surface area contributed by atoms with Crippen LogP contribution in [0.25, 0.3) is 0 Å². The first-order chi connectivity index (χ1) is 46.1. The minimum absolute atomic E-state index is 0. The normalized spacial score (nSPS) is 17.3. The van der Waals surface area contributed by atoms with E-state index in [0.29, 0.717) is 75.9 Å². The fraction of sp³-hybridized carbons (Fsp3) is 0.545. The predicted molar refractivity (Wildman–Crippen MR) is 442 cm³/mol. The number of hydrogen-bond donors (Lipinski definition) is 0. The molecule has 0 unspecified atom stereocenters. The largest absolute Gasteiger partial charge is 1.00 e. The Morgan fingerprint density at radius 3 is 0.772 bits per heavy atom. The molecule has 0 aromatic heterocycles. The average molecular weight is 2320 g/mol. The van der Waals surface area contributed by atoms with E-state index < -0.39 is 0 Å². The molecule has 0 amide bonds. The van der Waals surface area contributed by atoms with E-state index in [1.165, 1.54) is 112 Å². The Hall–Kier alpha value is -0.384. The molecule has 15 nitrogen and oxygen atoms in total. The van der Waals surface area contributed by atoms with Crippen LogP contribution < -0.4 is 22.4 Å². The van der Waals surface area contributed by atoms with E-state index in [0.717, 1.165) is 6.54 Å². The third kappa shape index (κ3) is 28.8. The summed E-state index contributed by atoms with van der Waals surface area (Å²) in [5, 5.41) is 0. The number of unbranched alkanes of at least 4 members (excludes halogenated alkanes) is 6. The molecule has 5 saturated heterocycles. The molecular formula is C66H117B10N15Os5Si5. The number of benzene rings is 5. The zero-order chi connectivity index (χ0) is 70.0. The SMILES string of the molecule is CB1N(C)[SiH]N(c2[c-]cccc2)B(C)N1C(C)C.CCCCCCN1B(C)N(C)[SiH]N(c2[c-]cccc2)B1C.CCCCCN1B(C)N(C)[SiH]N(c2[c-]cccc2)B1C.CCCCN1B(C)N(C)[SiH]N(c2[c-]cccc2)B1C.CCCN1B(C)N(C)[SiH]N(c2[c-]cccc2)B1C.[Os+].[Os+].[Os+].[Os+].[Os+]. The Bertz CT molecular complexity index is 2900. The summed E-state index contributed by atoms with van der Waals surface area (Å²) in [7, 11) is 11.9. The van der Waals surface area contributed by atoms with Crippen LogP contribution in [0.5, 0.6) is 0 Å². The summed E-state index contributed by atoms with van der Waals surface area (Å²) >= 11 is 0. The molecule has 5 fully saturated rings. The van der Waals surface area contributed by atoms with Crippen molar-refractivity contribution in [2.45, 2.75) is 180 Å². The van der Waals surface area contributed by atoms with Gasteiger partial charge in [0.25, 0.3) is 34.9 Å². The second-order valence-electron chi connectivity index (χ2n) is 27.1. The summed E-state index contributed by atoms with van der Waals surface area (Å²) in [6, 6.07) is 59.0. The van der Waals surface area contributed by atoms with Crippen LogP contribution in [0.1, 0.15) is 106 Å². The third-order valence-corrected chi connectivity index (χ3v) is 29.0. The van der Waals surface area contributed by atoms with Crippen molar-refractivity contribution in [2.75, 3.05) is 83.8 Å². The van der Waals surface area contributed by atoms with Gasteiger partial charge >= 0.3 is 134 Å². The van der Waals surface area contributed by atoms with Crippen molar-refractivity contribution < 1.29 is 99.0 Å². The van der Waals surface area contributed by atoms with E-state index in [1.807, 2.05) is 60.7 Å². The zero-order valence-corrected chi connectivity index (χ0v) is 83.6. The molecule has 0 atom stereocenters. The van der Waals surface area contributed by atoms with E-state index in [2.05, 4.69) is 304 Å². The average Bonchev–Trinajstić information content (AvgIpc) is 0.818. The monoisotopic (exact) mass is 2330 g/mol. The Balaban J connectivity index is 0.000000624. The van der Waals surface area contributed by atoms with Crippen LogP contribution in [0.2, 0.25) is 68.2 Å². The van der Waals surface area contributed by atoms with Crippen molar-refractivity contribution >= 4 is 147 Å². The molecule has 5 aliphatic heterocycles. The summed E-state index contributed by atoms with van der Waals surface area (Å²) in [5.41, 5.74) is 6.13. The number of para-hydroxylation sites is 5. The van der Waals surface area contributed by atoms with Crippen LogP contribution in [-0.4, -0.2) is 232 Å². The Kier molecular flexibility index (Phi) is 50.7. The first-order valence-electron chi connectivity index (χ1n) is 36.5. The van der Waals surface area contributed by atoms with Gasteiger partial charge in [0.05, 0.1) is 0 Å². The summed E-state index contributed by atoms with van der Waals surface area (Å²) < 4.78 is 37.9. The topological polar surface area (TPSA) is 48.6 Å². The molecule has 0 N–H and O–H groups in total. The van der Waals surface area contributed by atoms with Gasteiger partial charge in [0.2, 0.25) is 49.2 Å². The Morgan fingerprint density at radius 1 is 0.287 bits per heavy atom. The second-order valence-corrected chi connectivity index (χ2v) is 35.1. The maximum atomic E-state index is 3.39. The van der Waals surface area contributed by atoms with E-state index in [1.54, 1.807) is 0 Å². The van der Waals surface area contributed by atoms with Crippen LogP contribution in [0.3, 0.4) is 0 Å². The van der Waals surface area contributed by atoms with Crippen molar-refractivity contribution in [1.29, 1.82) is 0 Å². The molecule has 546 valence electrons. The first kappa shape index (κ1) is 98.6. The predicted octanol–water partition coefficient (Wildman–Crippen LogP) is 9.59. The minimum atomic E-state index is 0. The molecule has 101 heavy (non-hydrogen) atoms. The van der Waals surface area contributed by atoms with Gasteiger partial charge in [-0.2, -0.15) is 121 Å². The van der Waals surface area contributed by atoms with E-state index in [9.17, 15) is 0 Å². The molecule has 10 rings (SSSR count). The van der Waals surface area contributed by atoms with Crippen molar-refractivity contribution in [2.24, 2.45) is 0 Å². The van der Waals surface area contributed by atoms with E-state index in [4.69, 9.17) is 0 Å². The van der Waals surface area contributed by atoms with Gasteiger partial charge in [-0.3, -0.25) is 0 Å². The molecule has 5 aliphatic rings. The summed E-state index contributed by atoms with van der Waals surface area (Å²) in [6.07, 6.45) is 12.9. The molecule has 0 bridgehead atoms. The van der Waals surface area contributed by atoms with Crippen molar-refractivity contribution in [3.63, 3.8) is 0 Å². The Labute approximate surface area is 700 Å². The number of hydrogen-bond acceptors (Lipinski definition) is 15. The van der Waals surface area contributed by atoms with Crippen molar-refractivity contribution in [1.82, 2.24) is 46.0 Å². The summed E-state index contributed by atoms with van der Waals surface area (Å²) in [4.78, 5) is 0. The zero-order valence-electron chi connectivity index (χ0n) is 65.2. The van der Waals surface area contributed by atoms with Crippen LogP contribution in [0.15, 0.2) is 121 Å². The molecule has 0 spiro atoms. The van der Waals surface area contributed by atoms with E-state index in [-0.39, 0.29) is 148 Å². The smallest absolute Gasteiger partial charge is 0.442 e. The molecule has 5 aromatic carbocycles. The van der Waals surface area contributed by atoms with Crippen LogP contribution in [0, 0.1) is 30.3 Å². The minimum Gasteiger partial charge on any atom is -0.442 e. The van der Waals surface area contributed by atoms with Gasteiger partial charge < -0.3 is 68.4 Å². The molecule has 5 heterocycles. The standard InChI is InChI=1S/C15H27B2N3Si.C14H25B2N3Si.C13H23B2N3Si.2C12H21B2N3Si.5Os/c1-5-6-7-11-14-19-16(2)18(4)21-20(17(19)3)15-12-9-8-10-13-15;1-5-6-10-13-18-15(2)17(4)20-19(16(18)3)14-11-8-7-9-12-14;1-5-6-12-17-14(2)16(4)19-18(15(17)3)13-10-8-7-9-11-13;1-11(2)16-13(3)15(5)18-17(14(16)4)12-9-7-6-8-10-12;1-5-11-16-13(2)15(4)18-17(14(16)3)12-9-7-6-8-10-12;;;;;/h8-10,12,21H,5-7,11,14H2,1-4H3;7-9,11,20H,5-6,10,13H2,1-4H3;7-10,19H,5-6,12H2,1-4H3;6-9,11,18H,1-5H3;6-9,18H,5,11H2,1-4H3;;;;;/q5*-1;5*+1. The van der Waals surface area contributed by atoms with Gasteiger partial charge in [-0.1, -0.05) is 177 Å². The Morgan fingerprint density at radius 2 is 0.525 bits per heavy atom. The third-order valence-electron chi connectivity index (χ3n) is 20.2. The number of nitrogens with zero attached hydrogens (tertiary/aromatic N) is 15. The van der Waals surface area contributed by atoms with Gasteiger partial charge in [-0.05, 0) is 93.1 Å². The fourth-order valence-electron chi connectivity index (χ4n) is 13.7. The molecule has 10 radical (unpaired) electrons. The molecule has 0 saturated carbocycles. The quantitative estimate of drug-likeness (QED) is 0.0422. The van der Waals surface area contributed by atoms with Gasteiger partial charge in [-0.25, -0.2) is 0 Å². The van der Waals surface area contributed by atoms with Crippen molar-refractivity contribution in [3.8, 4) is 0 Å². The maximum absolute atomic E-state index is 3.39. The number of rotatable bonds is 20.